The number of hydrogen-bond acceptors (Lipinski definition) is 2. The standard InChI is InChI=1S/C16H13NO2/c1-10-7-12(9-11-5-3-2-4-6-11)14-13(8-10)15(18)17-16(14)19/h2-8H,9H2,1H3,(H,17,18,19). The predicted octanol–water partition coefficient (Wildman–Crippen LogP) is 2.47. The largest absolute Gasteiger partial charge is 0.288 e. The van der Waals surface area contributed by atoms with Gasteiger partial charge in [0.2, 0.25) is 0 Å². The second-order valence-corrected chi connectivity index (χ2v) is 4.79. The van der Waals surface area contributed by atoms with E-state index in [2.05, 4.69) is 5.32 Å². The van der Waals surface area contributed by atoms with Crippen molar-refractivity contribution >= 4 is 11.8 Å². The maximum absolute atomic E-state index is 11.9. The van der Waals surface area contributed by atoms with Gasteiger partial charge in [0.25, 0.3) is 11.8 Å². The second kappa shape index (κ2) is 4.35. The fourth-order valence-corrected chi connectivity index (χ4v) is 2.50. The third-order valence-corrected chi connectivity index (χ3v) is 3.30. The van der Waals surface area contributed by atoms with Gasteiger partial charge in [0, 0.05) is 0 Å². The van der Waals surface area contributed by atoms with Crippen LogP contribution in [0, 0.1) is 6.92 Å². The van der Waals surface area contributed by atoms with Crippen LogP contribution in [0.25, 0.3) is 0 Å². The molecule has 0 atom stereocenters. The number of hydrogen-bond donors (Lipinski definition) is 1. The fraction of sp³-hybridized carbons (Fsp3) is 0.125. The number of rotatable bonds is 2. The summed E-state index contributed by atoms with van der Waals surface area (Å²) in [6, 6.07) is 13.7. The molecule has 3 heteroatoms. The third-order valence-electron chi connectivity index (χ3n) is 3.30. The van der Waals surface area contributed by atoms with Crippen LogP contribution < -0.4 is 5.32 Å². The van der Waals surface area contributed by atoms with Crippen LogP contribution in [-0.4, -0.2) is 11.8 Å². The third kappa shape index (κ3) is 2.03. The number of benzene rings is 2. The summed E-state index contributed by atoms with van der Waals surface area (Å²) in [4.78, 5) is 23.6. The van der Waals surface area contributed by atoms with E-state index in [-0.39, 0.29) is 11.8 Å². The molecule has 0 saturated heterocycles. The van der Waals surface area contributed by atoms with Gasteiger partial charge in [-0.15, -0.1) is 0 Å². The topological polar surface area (TPSA) is 46.2 Å². The monoisotopic (exact) mass is 251 g/mol. The van der Waals surface area contributed by atoms with Crippen molar-refractivity contribution < 1.29 is 9.59 Å². The minimum absolute atomic E-state index is 0.286. The van der Waals surface area contributed by atoms with Gasteiger partial charge in [-0.1, -0.05) is 42.0 Å². The van der Waals surface area contributed by atoms with Crippen LogP contribution in [0.1, 0.15) is 37.4 Å². The first-order valence-corrected chi connectivity index (χ1v) is 6.18. The SMILES string of the molecule is Cc1cc(Cc2ccccc2)c2c(c1)C(=O)NC2=O. The molecule has 1 N–H and O–H groups in total. The van der Waals surface area contributed by atoms with Crippen LogP contribution in [0.2, 0.25) is 0 Å². The van der Waals surface area contributed by atoms with Crippen molar-refractivity contribution in [2.24, 2.45) is 0 Å². The molecule has 3 nitrogen and oxygen atoms in total. The van der Waals surface area contributed by atoms with Gasteiger partial charge in [0.1, 0.15) is 0 Å². The molecule has 1 aliphatic rings. The van der Waals surface area contributed by atoms with Gasteiger partial charge < -0.3 is 0 Å². The molecule has 94 valence electrons. The van der Waals surface area contributed by atoms with Crippen LogP contribution >= 0.6 is 0 Å². The molecule has 2 aromatic rings. The Bertz CT molecular complexity index is 675. The van der Waals surface area contributed by atoms with Crippen LogP contribution in [0.3, 0.4) is 0 Å². The Morgan fingerprint density at radius 2 is 1.74 bits per heavy atom. The molecule has 2 amide bonds. The van der Waals surface area contributed by atoms with Crippen LogP contribution in [0.5, 0.6) is 0 Å². The molecule has 1 aliphatic heterocycles. The average Bonchev–Trinajstić information content (AvgIpc) is 2.66. The normalized spacial score (nSPS) is 13.3. The van der Waals surface area contributed by atoms with E-state index < -0.39 is 0 Å². The minimum atomic E-state index is -0.294. The quantitative estimate of drug-likeness (QED) is 0.833. The Labute approximate surface area is 111 Å². The van der Waals surface area contributed by atoms with E-state index in [0.29, 0.717) is 17.5 Å². The second-order valence-electron chi connectivity index (χ2n) is 4.79. The number of carbonyl (C=O) groups excluding carboxylic acids is 2. The number of nitrogens with one attached hydrogen (secondary N) is 1. The summed E-state index contributed by atoms with van der Waals surface area (Å²) in [5.41, 5.74) is 4.05. The first-order valence-electron chi connectivity index (χ1n) is 6.18. The lowest BCUT2D eigenvalue weighted by atomic mass is 9.94. The van der Waals surface area contributed by atoms with Crippen molar-refractivity contribution in [3.05, 3.63) is 70.3 Å². The molecule has 1 heterocycles. The van der Waals surface area contributed by atoms with Crippen LogP contribution in [0.4, 0.5) is 0 Å². The molecule has 0 aliphatic carbocycles. The van der Waals surface area contributed by atoms with Crippen LogP contribution in [0.15, 0.2) is 42.5 Å². The van der Waals surface area contributed by atoms with E-state index in [1.807, 2.05) is 43.3 Å². The molecule has 19 heavy (non-hydrogen) atoms. The van der Waals surface area contributed by atoms with Crippen molar-refractivity contribution in [3.8, 4) is 0 Å². The molecular formula is C16H13NO2. The zero-order valence-corrected chi connectivity index (χ0v) is 10.6. The van der Waals surface area contributed by atoms with E-state index in [9.17, 15) is 9.59 Å². The van der Waals surface area contributed by atoms with Crippen molar-refractivity contribution in [2.75, 3.05) is 0 Å². The molecule has 0 spiro atoms. The van der Waals surface area contributed by atoms with Gasteiger partial charge >= 0.3 is 0 Å². The van der Waals surface area contributed by atoms with Gasteiger partial charge in [-0.2, -0.15) is 0 Å². The zero-order valence-electron chi connectivity index (χ0n) is 10.6. The Balaban J connectivity index is 2.10. The Morgan fingerprint density at radius 1 is 1.00 bits per heavy atom. The lowest BCUT2D eigenvalue weighted by molar-refractivity contribution is 0.0879. The maximum atomic E-state index is 11.9. The highest BCUT2D eigenvalue weighted by molar-refractivity contribution is 6.22. The highest BCUT2D eigenvalue weighted by Crippen LogP contribution is 2.24. The van der Waals surface area contributed by atoms with Crippen molar-refractivity contribution in [1.82, 2.24) is 5.32 Å². The number of aryl methyl sites for hydroxylation is 1. The highest BCUT2D eigenvalue weighted by atomic mass is 16.2. The molecule has 0 saturated carbocycles. The van der Waals surface area contributed by atoms with Gasteiger partial charge in [0.05, 0.1) is 11.1 Å². The summed E-state index contributed by atoms with van der Waals surface area (Å²) in [7, 11) is 0. The van der Waals surface area contributed by atoms with Gasteiger partial charge in [0.15, 0.2) is 0 Å². The zero-order chi connectivity index (χ0) is 13.4. The van der Waals surface area contributed by atoms with E-state index in [0.717, 1.165) is 16.7 Å². The summed E-state index contributed by atoms with van der Waals surface area (Å²) in [6.07, 6.45) is 0.658. The molecule has 0 radical (unpaired) electrons. The van der Waals surface area contributed by atoms with Gasteiger partial charge in [-0.25, -0.2) is 0 Å². The first-order chi connectivity index (χ1) is 9.15. The number of fused-ring (bicyclic) bond motifs is 1. The van der Waals surface area contributed by atoms with E-state index in [4.69, 9.17) is 0 Å². The van der Waals surface area contributed by atoms with E-state index in [1.165, 1.54) is 0 Å². The predicted molar refractivity (Wildman–Crippen MR) is 72.2 cm³/mol. The Morgan fingerprint density at radius 3 is 2.47 bits per heavy atom. The maximum Gasteiger partial charge on any atom is 0.259 e. The molecule has 0 aromatic heterocycles. The molecule has 0 fully saturated rings. The summed E-state index contributed by atoms with van der Waals surface area (Å²) < 4.78 is 0. The molecule has 2 aromatic carbocycles. The Kier molecular flexibility index (Phi) is 2.67. The van der Waals surface area contributed by atoms with E-state index in [1.54, 1.807) is 6.07 Å². The van der Waals surface area contributed by atoms with Gasteiger partial charge in [-0.05, 0) is 30.5 Å². The van der Waals surface area contributed by atoms with E-state index >= 15 is 0 Å². The molecular weight excluding hydrogens is 238 g/mol. The molecule has 0 unspecified atom stereocenters. The lowest BCUT2D eigenvalue weighted by Gasteiger charge is -2.08. The minimum Gasteiger partial charge on any atom is -0.288 e. The number of carbonyl (C=O) groups is 2. The lowest BCUT2D eigenvalue weighted by Crippen LogP contribution is -2.20. The first kappa shape index (κ1) is 11.7. The summed E-state index contributed by atoms with van der Waals surface area (Å²) in [6.45, 7) is 1.94. The average molecular weight is 251 g/mol. The summed E-state index contributed by atoms with van der Waals surface area (Å²) >= 11 is 0. The van der Waals surface area contributed by atoms with Crippen molar-refractivity contribution in [3.63, 3.8) is 0 Å². The smallest absolute Gasteiger partial charge is 0.259 e. The summed E-state index contributed by atoms with van der Waals surface area (Å²) in [5, 5.41) is 2.36. The summed E-state index contributed by atoms with van der Waals surface area (Å²) in [5.74, 6) is -0.580. The molecule has 3 rings (SSSR count). The molecule has 0 bridgehead atoms. The number of imide groups is 1. The fourth-order valence-electron chi connectivity index (χ4n) is 2.50. The van der Waals surface area contributed by atoms with Crippen LogP contribution in [-0.2, 0) is 6.42 Å². The Hall–Kier alpha value is -2.42. The van der Waals surface area contributed by atoms with Gasteiger partial charge in [-0.3, -0.25) is 14.9 Å². The number of amides is 2. The van der Waals surface area contributed by atoms with Crippen molar-refractivity contribution in [1.29, 1.82) is 0 Å². The highest BCUT2D eigenvalue weighted by Gasteiger charge is 2.29. The van der Waals surface area contributed by atoms with Crippen molar-refractivity contribution in [2.45, 2.75) is 13.3 Å².